The largest absolute Gasteiger partial charge is 0.363 e. The summed E-state index contributed by atoms with van der Waals surface area (Å²) in [5.74, 6) is 1.12. The lowest BCUT2D eigenvalue weighted by molar-refractivity contribution is 0.571. The van der Waals surface area contributed by atoms with Crippen molar-refractivity contribution in [2.75, 3.05) is 16.8 Å². The molecule has 0 amide bonds. The van der Waals surface area contributed by atoms with Crippen LogP contribution < -0.4 is 5.32 Å². The van der Waals surface area contributed by atoms with Crippen LogP contribution in [0.5, 0.6) is 0 Å². The zero-order valence-electron chi connectivity index (χ0n) is 8.90. The number of nitrogens with one attached hydrogen (secondary N) is 1. The molecule has 1 aromatic heterocycles. The van der Waals surface area contributed by atoms with Crippen LogP contribution in [0.1, 0.15) is 13.3 Å². The molecule has 2 heterocycles. The molecule has 1 unspecified atom stereocenters. The summed E-state index contributed by atoms with van der Waals surface area (Å²) in [6.07, 6.45) is 2.30. The number of halogens is 1. The summed E-state index contributed by atoms with van der Waals surface area (Å²) in [4.78, 5) is 4.18. The van der Waals surface area contributed by atoms with Crippen LogP contribution in [0, 0.1) is 0 Å². The fraction of sp³-hybridized carbons (Fsp3) is 0.500. The van der Waals surface area contributed by atoms with Crippen LogP contribution in [0.3, 0.4) is 0 Å². The number of hydrogen-bond donors (Lipinski definition) is 1. The first-order chi connectivity index (χ1) is 7.40. The smallest absolute Gasteiger partial charge is 0.152 e. The van der Waals surface area contributed by atoms with Gasteiger partial charge in [-0.3, -0.25) is 0 Å². The predicted octanol–water partition coefficient (Wildman–Crippen LogP) is 1.83. The van der Waals surface area contributed by atoms with Crippen molar-refractivity contribution in [3.05, 3.63) is 22.8 Å². The van der Waals surface area contributed by atoms with Crippen LogP contribution in [-0.2, 0) is 9.84 Å². The van der Waals surface area contributed by atoms with Gasteiger partial charge in [0.2, 0.25) is 0 Å². The number of hydrogen-bond acceptors (Lipinski definition) is 4. The van der Waals surface area contributed by atoms with E-state index in [-0.39, 0.29) is 11.5 Å². The molecule has 0 spiro atoms. The number of pyridine rings is 1. The second-order valence-electron chi connectivity index (χ2n) is 4.36. The summed E-state index contributed by atoms with van der Waals surface area (Å²) < 4.78 is 23.7. The third-order valence-corrected chi connectivity index (χ3v) is 5.22. The molecule has 4 nitrogen and oxygen atoms in total. The highest BCUT2D eigenvalue weighted by atomic mass is 79.9. The van der Waals surface area contributed by atoms with Crippen molar-refractivity contribution in [3.63, 3.8) is 0 Å². The molecule has 1 saturated heterocycles. The average Bonchev–Trinajstić information content (AvgIpc) is 2.45. The Bertz CT molecular complexity index is 503. The highest BCUT2D eigenvalue weighted by Crippen LogP contribution is 2.29. The molecular weight excluding hydrogens is 292 g/mol. The van der Waals surface area contributed by atoms with E-state index in [1.807, 2.05) is 19.1 Å². The van der Waals surface area contributed by atoms with E-state index >= 15 is 0 Å². The van der Waals surface area contributed by atoms with Crippen molar-refractivity contribution in [1.82, 2.24) is 4.98 Å². The maximum absolute atomic E-state index is 11.4. The molecule has 6 heteroatoms. The van der Waals surface area contributed by atoms with Crippen LogP contribution in [0.4, 0.5) is 5.82 Å². The molecule has 1 N–H and O–H groups in total. The average molecular weight is 305 g/mol. The maximum atomic E-state index is 11.4. The highest BCUT2D eigenvalue weighted by molar-refractivity contribution is 9.10. The van der Waals surface area contributed by atoms with E-state index in [2.05, 4.69) is 26.2 Å². The molecule has 0 radical (unpaired) electrons. The standard InChI is InChI=1S/C10H13BrN2O2S/c1-10(4-6-16(14,15)7-10)13-9-8(11)3-2-5-12-9/h2-3,5H,4,6-7H2,1H3,(H,12,13). The molecular formula is C10H13BrN2O2S. The third-order valence-electron chi connectivity index (χ3n) is 2.68. The molecule has 2 rings (SSSR count). The van der Waals surface area contributed by atoms with E-state index in [1.165, 1.54) is 0 Å². The predicted molar refractivity (Wildman–Crippen MR) is 67.2 cm³/mol. The molecule has 0 aromatic carbocycles. The van der Waals surface area contributed by atoms with Crippen molar-refractivity contribution in [2.45, 2.75) is 18.9 Å². The zero-order chi connectivity index (χ0) is 11.8. The van der Waals surface area contributed by atoms with E-state index in [9.17, 15) is 8.42 Å². The van der Waals surface area contributed by atoms with Gasteiger partial charge in [0.25, 0.3) is 0 Å². The second-order valence-corrected chi connectivity index (χ2v) is 7.40. The van der Waals surface area contributed by atoms with Gasteiger partial charge in [-0.25, -0.2) is 13.4 Å². The molecule has 1 fully saturated rings. The van der Waals surface area contributed by atoms with Crippen molar-refractivity contribution in [3.8, 4) is 0 Å². The van der Waals surface area contributed by atoms with Gasteiger partial charge in [-0.05, 0) is 41.4 Å². The summed E-state index contributed by atoms with van der Waals surface area (Å²) in [6.45, 7) is 1.92. The van der Waals surface area contributed by atoms with E-state index in [4.69, 9.17) is 0 Å². The summed E-state index contributed by atoms with van der Waals surface area (Å²) in [6, 6.07) is 3.70. The molecule has 1 aliphatic heterocycles. The molecule has 1 atom stereocenters. The van der Waals surface area contributed by atoms with Crippen LogP contribution in [0.2, 0.25) is 0 Å². The normalized spacial score (nSPS) is 27.9. The van der Waals surface area contributed by atoms with E-state index in [1.54, 1.807) is 6.20 Å². The minimum Gasteiger partial charge on any atom is -0.363 e. The Labute approximate surface area is 104 Å². The number of anilines is 1. The van der Waals surface area contributed by atoms with Gasteiger partial charge in [0.05, 0.1) is 21.5 Å². The molecule has 0 saturated carbocycles. The second kappa shape index (κ2) is 4.00. The zero-order valence-corrected chi connectivity index (χ0v) is 11.3. The van der Waals surface area contributed by atoms with Gasteiger partial charge in [0, 0.05) is 6.20 Å². The van der Waals surface area contributed by atoms with Gasteiger partial charge in [0.1, 0.15) is 5.82 Å². The number of rotatable bonds is 2. The number of aromatic nitrogens is 1. The molecule has 16 heavy (non-hydrogen) atoms. The van der Waals surface area contributed by atoms with Gasteiger partial charge in [-0.2, -0.15) is 0 Å². The molecule has 88 valence electrons. The minimum absolute atomic E-state index is 0.170. The van der Waals surface area contributed by atoms with E-state index in [0.29, 0.717) is 12.2 Å². The van der Waals surface area contributed by atoms with Crippen LogP contribution >= 0.6 is 15.9 Å². The van der Waals surface area contributed by atoms with Crippen molar-refractivity contribution in [2.24, 2.45) is 0 Å². The maximum Gasteiger partial charge on any atom is 0.152 e. The topological polar surface area (TPSA) is 59.1 Å². The third kappa shape index (κ3) is 2.55. The highest BCUT2D eigenvalue weighted by Gasteiger charge is 2.38. The van der Waals surface area contributed by atoms with Crippen LogP contribution in [0.25, 0.3) is 0 Å². The Balaban J connectivity index is 2.20. The Morgan fingerprint density at radius 2 is 2.31 bits per heavy atom. The van der Waals surface area contributed by atoms with Gasteiger partial charge >= 0.3 is 0 Å². The van der Waals surface area contributed by atoms with Gasteiger partial charge < -0.3 is 5.32 Å². The van der Waals surface area contributed by atoms with Gasteiger partial charge in [-0.15, -0.1) is 0 Å². The fourth-order valence-electron chi connectivity index (χ4n) is 1.87. The molecule has 0 aliphatic carbocycles. The first kappa shape index (κ1) is 11.9. The lowest BCUT2D eigenvalue weighted by Gasteiger charge is -2.25. The van der Waals surface area contributed by atoms with Gasteiger partial charge in [-0.1, -0.05) is 0 Å². The first-order valence-corrected chi connectivity index (χ1v) is 7.61. The molecule has 0 bridgehead atoms. The minimum atomic E-state index is -2.89. The quantitative estimate of drug-likeness (QED) is 0.905. The van der Waals surface area contributed by atoms with Crippen molar-refractivity contribution in [1.29, 1.82) is 0 Å². The van der Waals surface area contributed by atoms with Crippen molar-refractivity contribution < 1.29 is 8.42 Å². The lowest BCUT2D eigenvalue weighted by atomic mass is 10.0. The SMILES string of the molecule is CC1(Nc2ncccc2Br)CCS(=O)(=O)C1. The summed E-state index contributed by atoms with van der Waals surface area (Å²) >= 11 is 3.38. The Hall–Kier alpha value is -0.620. The molecule has 1 aliphatic rings. The Morgan fingerprint density at radius 3 is 2.88 bits per heavy atom. The Kier molecular flexibility index (Phi) is 2.96. The van der Waals surface area contributed by atoms with Crippen LogP contribution in [0.15, 0.2) is 22.8 Å². The summed E-state index contributed by atoms with van der Waals surface area (Å²) in [5.41, 5.74) is -0.407. The van der Waals surface area contributed by atoms with E-state index in [0.717, 1.165) is 4.47 Å². The number of nitrogens with zero attached hydrogens (tertiary/aromatic N) is 1. The fourth-order valence-corrected chi connectivity index (χ4v) is 4.32. The van der Waals surface area contributed by atoms with E-state index < -0.39 is 15.4 Å². The monoisotopic (exact) mass is 304 g/mol. The lowest BCUT2D eigenvalue weighted by Crippen LogP contribution is -2.36. The summed E-state index contributed by atoms with van der Waals surface area (Å²) in [7, 11) is -2.89. The number of sulfone groups is 1. The Morgan fingerprint density at radius 1 is 1.56 bits per heavy atom. The van der Waals surface area contributed by atoms with Gasteiger partial charge in [0.15, 0.2) is 9.84 Å². The first-order valence-electron chi connectivity index (χ1n) is 4.99. The summed E-state index contributed by atoms with van der Waals surface area (Å²) in [5, 5.41) is 3.20. The van der Waals surface area contributed by atoms with Crippen molar-refractivity contribution >= 4 is 31.6 Å². The molecule has 1 aromatic rings. The van der Waals surface area contributed by atoms with Crippen LogP contribution in [-0.4, -0.2) is 30.4 Å².